The molecule has 3 aliphatic heterocycles. The minimum Gasteiger partial charge on any atom is -0.497 e. The van der Waals surface area contributed by atoms with Crippen molar-refractivity contribution in [2.75, 3.05) is 16.9 Å². The van der Waals surface area contributed by atoms with Gasteiger partial charge >= 0.3 is 0 Å². The molecule has 2 saturated heterocycles. The predicted octanol–water partition coefficient (Wildman–Crippen LogP) is 4.74. The van der Waals surface area contributed by atoms with Crippen LogP contribution in [0.15, 0.2) is 48.5 Å². The number of halogens is 1. The number of hydrogen-bond acceptors (Lipinski definition) is 5. The maximum atomic E-state index is 13.8. The largest absolute Gasteiger partial charge is 0.497 e. The molecule has 0 spiro atoms. The maximum absolute atomic E-state index is 13.8. The van der Waals surface area contributed by atoms with Gasteiger partial charge in [-0.3, -0.25) is 14.4 Å². The van der Waals surface area contributed by atoms with Crippen LogP contribution in [-0.2, 0) is 14.4 Å². The first-order chi connectivity index (χ1) is 16.0. The van der Waals surface area contributed by atoms with E-state index in [4.69, 9.17) is 16.3 Å². The average Bonchev–Trinajstić information content (AvgIpc) is 3.25. The van der Waals surface area contributed by atoms with Crippen molar-refractivity contribution in [3.63, 3.8) is 0 Å². The zero-order valence-corrected chi connectivity index (χ0v) is 20.6. The van der Waals surface area contributed by atoms with Crippen molar-refractivity contribution >= 4 is 46.1 Å². The lowest BCUT2D eigenvalue weighted by atomic mass is 9.79. The highest BCUT2D eigenvalue weighted by molar-refractivity contribution is 6.31. The molecule has 0 N–H and O–H groups in total. The van der Waals surface area contributed by atoms with Gasteiger partial charge in [-0.25, -0.2) is 4.90 Å². The molecule has 0 bridgehead atoms. The van der Waals surface area contributed by atoms with E-state index in [-0.39, 0.29) is 17.6 Å². The summed E-state index contributed by atoms with van der Waals surface area (Å²) in [6.45, 7) is 7.54. The molecule has 0 unspecified atom stereocenters. The number of nitrogens with zero attached hydrogens (tertiary/aromatic N) is 2. The first-order valence-corrected chi connectivity index (χ1v) is 11.7. The summed E-state index contributed by atoms with van der Waals surface area (Å²) in [6.07, 6.45) is 2.01. The van der Waals surface area contributed by atoms with Crippen LogP contribution in [0.3, 0.4) is 0 Å². The number of rotatable bonds is 3. The van der Waals surface area contributed by atoms with E-state index in [0.29, 0.717) is 16.5 Å². The van der Waals surface area contributed by atoms with E-state index in [1.54, 1.807) is 37.4 Å². The Bertz CT molecular complexity index is 1240. The first kappa shape index (κ1) is 22.7. The molecule has 0 saturated carbocycles. The number of benzene rings is 2. The zero-order valence-electron chi connectivity index (χ0n) is 19.8. The van der Waals surface area contributed by atoms with Gasteiger partial charge in [0.25, 0.3) is 0 Å². The highest BCUT2D eigenvalue weighted by Gasteiger charge is 2.65. The van der Waals surface area contributed by atoms with Crippen molar-refractivity contribution in [3.05, 3.63) is 59.1 Å². The molecule has 3 heterocycles. The molecule has 34 heavy (non-hydrogen) atoms. The molecule has 2 amide bonds. The van der Waals surface area contributed by atoms with Crippen LogP contribution < -0.4 is 14.5 Å². The summed E-state index contributed by atoms with van der Waals surface area (Å²) in [4.78, 5) is 44.7. The van der Waals surface area contributed by atoms with E-state index in [9.17, 15) is 14.4 Å². The third-order valence-electron chi connectivity index (χ3n) is 7.15. The van der Waals surface area contributed by atoms with Crippen molar-refractivity contribution in [2.45, 2.75) is 39.8 Å². The number of hydrogen-bond donors (Lipinski definition) is 0. The van der Waals surface area contributed by atoms with Gasteiger partial charge in [0.1, 0.15) is 11.8 Å². The lowest BCUT2D eigenvalue weighted by molar-refractivity contribution is -0.132. The number of allylic oxidation sites excluding steroid dienone is 1. The molecular weight excluding hydrogens is 452 g/mol. The van der Waals surface area contributed by atoms with Gasteiger partial charge in [-0.2, -0.15) is 0 Å². The minimum absolute atomic E-state index is 0.0587. The molecular formula is C27H27ClN2O4. The summed E-state index contributed by atoms with van der Waals surface area (Å²) < 4.78 is 5.21. The number of methoxy groups -OCH3 is 1. The van der Waals surface area contributed by atoms with Crippen LogP contribution in [0, 0.1) is 17.3 Å². The smallest absolute Gasteiger partial charge is 0.240 e. The quantitative estimate of drug-likeness (QED) is 0.596. The Morgan fingerprint density at radius 2 is 1.65 bits per heavy atom. The Labute approximate surface area is 204 Å². The van der Waals surface area contributed by atoms with Crippen LogP contribution in [-0.4, -0.2) is 36.8 Å². The van der Waals surface area contributed by atoms with Gasteiger partial charge in [-0.15, -0.1) is 0 Å². The number of Topliss-reactive ketones (excluding diaryl/α,β-unsaturated/α-hetero) is 1. The molecule has 7 heteroatoms. The summed E-state index contributed by atoms with van der Waals surface area (Å²) >= 11 is 6.27. The Morgan fingerprint density at radius 1 is 1.00 bits per heavy atom. The molecule has 2 aromatic rings. The molecule has 2 fully saturated rings. The third kappa shape index (κ3) is 3.19. The van der Waals surface area contributed by atoms with Crippen LogP contribution in [0.25, 0.3) is 5.57 Å². The Kier molecular flexibility index (Phi) is 5.13. The molecule has 176 valence electrons. The fourth-order valence-electron chi connectivity index (χ4n) is 5.54. The number of ketones is 1. The second-order valence-corrected chi connectivity index (χ2v) is 10.7. The van der Waals surface area contributed by atoms with Gasteiger partial charge in [0.15, 0.2) is 5.78 Å². The monoisotopic (exact) mass is 478 g/mol. The number of fused-ring (bicyclic) bond motifs is 5. The highest BCUT2D eigenvalue weighted by atomic mass is 35.5. The van der Waals surface area contributed by atoms with E-state index >= 15 is 0 Å². The Hall–Kier alpha value is -3.12. The van der Waals surface area contributed by atoms with Crippen molar-refractivity contribution < 1.29 is 19.1 Å². The van der Waals surface area contributed by atoms with Gasteiger partial charge in [-0.05, 0) is 55.0 Å². The van der Waals surface area contributed by atoms with E-state index in [2.05, 4.69) is 0 Å². The second kappa shape index (κ2) is 7.70. The van der Waals surface area contributed by atoms with Crippen LogP contribution >= 0.6 is 11.6 Å². The second-order valence-electron chi connectivity index (χ2n) is 10.2. The summed E-state index contributed by atoms with van der Waals surface area (Å²) in [5.41, 5.74) is 2.53. The van der Waals surface area contributed by atoms with Crippen LogP contribution in [0.4, 0.5) is 11.4 Å². The summed E-state index contributed by atoms with van der Waals surface area (Å²) in [6, 6.07) is 11.3. The molecule has 5 rings (SSSR count). The van der Waals surface area contributed by atoms with Gasteiger partial charge in [0.2, 0.25) is 11.8 Å². The Balaban J connectivity index is 1.66. The van der Waals surface area contributed by atoms with Crippen molar-refractivity contribution in [1.82, 2.24) is 0 Å². The van der Waals surface area contributed by atoms with E-state index in [1.165, 1.54) is 4.90 Å². The molecule has 0 aromatic heterocycles. The Morgan fingerprint density at radius 3 is 2.26 bits per heavy atom. The normalized spacial score (nSPS) is 25.6. The predicted molar refractivity (Wildman–Crippen MR) is 132 cm³/mol. The topological polar surface area (TPSA) is 66.9 Å². The maximum Gasteiger partial charge on any atom is 0.240 e. The van der Waals surface area contributed by atoms with Gasteiger partial charge in [0, 0.05) is 21.7 Å². The third-order valence-corrected chi connectivity index (χ3v) is 7.38. The molecule has 0 radical (unpaired) electrons. The van der Waals surface area contributed by atoms with Crippen molar-refractivity contribution in [3.8, 4) is 5.75 Å². The summed E-state index contributed by atoms with van der Waals surface area (Å²) in [5.74, 6) is -1.45. The standard InChI is InChI=1S/C27H27ClN2O4/c1-14-12-20-21-22(26(33)29(25(21)32)16-7-9-17(34-5)10-8-16)23(24(31)27(2,3)4)30(20)19-11-6-15(28)13-18(14)19/h6-13,20-23H,1-5H3/t20-,21-,22-,23+/m1/s1. The fraction of sp³-hybridized carbons (Fsp3) is 0.370. The van der Waals surface area contributed by atoms with Gasteiger partial charge in [0.05, 0.1) is 30.7 Å². The van der Waals surface area contributed by atoms with Gasteiger partial charge < -0.3 is 9.64 Å². The van der Waals surface area contributed by atoms with E-state index in [0.717, 1.165) is 16.8 Å². The zero-order chi connectivity index (χ0) is 24.5. The lowest BCUT2D eigenvalue weighted by Gasteiger charge is -2.39. The van der Waals surface area contributed by atoms with Crippen molar-refractivity contribution in [1.29, 1.82) is 0 Å². The number of carbonyl (C=O) groups excluding carboxylic acids is 3. The van der Waals surface area contributed by atoms with Crippen LogP contribution in [0.1, 0.15) is 33.3 Å². The molecule has 0 aliphatic carbocycles. The fourth-order valence-corrected chi connectivity index (χ4v) is 5.72. The van der Waals surface area contributed by atoms with Crippen molar-refractivity contribution in [2.24, 2.45) is 17.3 Å². The summed E-state index contributed by atoms with van der Waals surface area (Å²) in [5, 5.41) is 0.598. The SMILES string of the molecule is COc1ccc(N2C(=O)[C@@H]3[C@H](C2=O)[C@H]2C=C(C)c4cc(Cl)ccc4N2[C@@H]3C(=O)C(C)(C)C)cc1. The average molecular weight is 479 g/mol. The van der Waals surface area contributed by atoms with Gasteiger partial charge in [-0.1, -0.05) is 38.4 Å². The number of ether oxygens (including phenoxy) is 1. The molecule has 2 aromatic carbocycles. The van der Waals surface area contributed by atoms with E-state index in [1.807, 2.05) is 50.8 Å². The summed E-state index contributed by atoms with van der Waals surface area (Å²) in [7, 11) is 1.56. The number of carbonyl (C=O) groups is 3. The van der Waals surface area contributed by atoms with Crippen LogP contribution in [0.2, 0.25) is 5.02 Å². The molecule has 3 aliphatic rings. The number of amides is 2. The number of anilines is 2. The highest BCUT2D eigenvalue weighted by Crippen LogP contribution is 2.52. The van der Waals surface area contributed by atoms with E-state index < -0.39 is 29.3 Å². The molecule has 4 atom stereocenters. The number of imide groups is 1. The first-order valence-electron chi connectivity index (χ1n) is 11.4. The van der Waals surface area contributed by atoms with Crippen LogP contribution in [0.5, 0.6) is 5.75 Å². The lowest BCUT2D eigenvalue weighted by Crippen LogP contribution is -2.51. The minimum atomic E-state index is -0.767. The molecule has 6 nitrogen and oxygen atoms in total.